The summed E-state index contributed by atoms with van der Waals surface area (Å²) in [4.78, 5) is 21.9. The van der Waals surface area contributed by atoms with Crippen molar-refractivity contribution in [3.05, 3.63) is 21.3 Å². The van der Waals surface area contributed by atoms with Gasteiger partial charge in [-0.05, 0) is 12.1 Å². The molecule has 0 fully saturated rings. The zero-order valence-electron chi connectivity index (χ0n) is 6.54. The van der Waals surface area contributed by atoms with Crippen molar-refractivity contribution in [3.63, 3.8) is 0 Å². The number of thiophene rings is 1. The molecule has 0 bridgehead atoms. The molecule has 0 aliphatic heterocycles. The van der Waals surface area contributed by atoms with Crippen LogP contribution in [-0.2, 0) is 16.1 Å². The zero-order valence-corrected chi connectivity index (χ0v) is 8.11. The molecule has 3 N–H and O–H groups in total. The van der Waals surface area contributed by atoms with E-state index in [1.165, 1.54) is 11.3 Å². The molecule has 13 heavy (non-hydrogen) atoms. The SMILES string of the molecule is NC(=O)C(=O)NCc1ccc(Cl)s1. The molecular weight excluding hydrogens is 212 g/mol. The Kier molecular flexibility index (Phi) is 3.27. The molecule has 0 aliphatic rings. The predicted octanol–water partition coefficient (Wildman–Crippen LogP) is 0.503. The van der Waals surface area contributed by atoms with E-state index in [2.05, 4.69) is 5.32 Å². The van der Waals surface area contributed by atoms with Gasteiger partial charge in [-0.3, -0.25) is 9.59 Å². The molecule has 1 heterocycles. The second-order valence-electron chi connectivity index (χ2n) is 2.25. The van der Waals surface area contributed by atoms with Gasteiger partial charge in [0.05, 0.1) is 10.9 Å². The van der Waals surface area contributed by atoms with Gasteiger partial charge in [-0.2, -0.15) is 0 Å². The largest absolute Gasteiger partial charge is 0.361 e. The van der Waals surface area contributed by atoms with Gasteiger partial charge in [0, 0.05) is 4.88 Å². The second kappa shape index (κ2) is 4.25. The minimum Gasteiger partial charge on any atom is -0.361 e. The van der Waals surface area contributed by atoms with E-state index in [1.54, 1.807) is 12.1 Å². The highest BCUT2D eigenvalue weighted by atomic mass is 35.5. The Labute approximate surface area is 83.7 Å². The predicted molar refractivity (Wildman–Crippen MR) is 50.4 cm³/mol. The van der Waals surface area contributed by atoms with Gasteiger partial charge in [-0.15, -0.1) is 11.3 Å². The first-order valence-corrected chi connectivity index (χ1v) is 4.61. The van der Waals surface area contributed by atoms with E-state index >= 15 is 0 Å². The van der Waals surface area contributed by atoms with Crippen molar-refractivity contribution < 1.29 is 9.59 Å². The van der Waals surface area contributed by atoms with E-state index in [9.17, 15) is 9.59 Å². The lowest BCUT2D eigenvalue weighted by Crippen LogP contribution is -2.35. The minimum absolute atomic E-state index is 0.277. The summed E-state index contributed by atoms with van der Waals surface area (Å²) in [5.41, 5.74) is 4.73. The Bertz CT molecular complexity index is 337. The first-order chi connectivity index (χ1) is 6.09. The fraction of sp³-hybridized carbons (Fsp3) is 0.143. The fourth-order valence-corrected chi connectivity index (χ4v) is 1.73. The number of nitrogens with one attached hydrogen (secondary N) is 1. The maximum Gasteiger partial charge on any atom is 0.309 e. The molecule has 0 saturated carbocycles. The summed E-state index contributed by atoms with van der Waals surface area (Å²) in [6, 6.07) is 3.49. The normalized spacial score (nSPS) is 9.62. The number of nitrogens with two attached hydrogens (primary N) is 1. The molecule has 0 spiro atoms. The topological polar surface area (TPSA) is 72.2 Å². The van der Waals surface area contributed by atoms with Crippen LogP contribution < -0.4 is 11.1 Å². The van der Waals surface area contributed by atoms with Crippen LogP contribution >= 0.6 is 22.9 Å². The highest BCUT2D eigenvalue weighted by Gasteiger charge is 2.07. The summed E-state index contributed by atoms with van der Waals surface area (Å²) in [5, 5.41) is 2.35. The van der Waals surface area contributed by atoms with Crippen LogP contribution in [0.1, 0.15) is 4.88 Å². The number of rotatable bonds is 2. The Hall–Kier alpha value is -1.07. The highest BCUT2D eigenvalue weighted by molar-refractivity contribution is 7.16. The molecule has 1 aromatic heterocycles. The average molecular weight is 219 g/mol. The van der Waals surface area contributed by atoms with Crippen LogP contribution in [0.4, 0.5) is 0 Å². The fourth-order valence-electron chi connectivity index (χ4n) is 0.701. The smallest absolute Gasteiger partial charge is 0.309 e. The van der Waals surface area contributed by atoms with E-state index < -0.39 is 11.8 Å². The molecular formula is C7H7ClN2O2S. The molecule has 0 radical (unpaired) electrons. The van der Waals surface area contributed by atoms with Crippen molar-refractivity contribution in [2.75, 3.05) is 0 Å². The molecule has 70 valence electrons. The number of primary amides is 1. The molecule has 0 atom stereocenters. The summed E-state index contributed by atoms with van der Waals surface area (Å²) in [6.07, 6.45) is 0. The van der Waals surface area contributed by atoms with Gasteiger partial charge in [-0.1, -0.05) is 11.6 Å². The maximum absolute atomic E-state index is 10.7. The van der Waals surface area contributed by atoms with Crippen LogP contribution in [0.3, 0.4) is 0 Å². The molecule has 1 aromatic rings. The van der Waals surface area contributed by atoms with E-state index in [-0.39, 0.29) is 6.54 Å². The number of carbonyl (C=O) groups excluding carboxylic acids is 2. The third-order valence-electron chi connectivity index (χ3n) is 1.28. The Morgan fingerprint density at radius 2 is 2.23 bits per heavy atom. The van der Waals surface area contributed by atoms with Gasteiger partial charge < -0.3 is 11.1 Å². The van der Waals surface area contributed by atoms with Gasteiger partial charge in [0.15, 0.2) is 0 Å². The van der Waals surface area contributed by atoms with E-state index in [0.717, 1.165) is 4.88 Å². The lowest BCUT2D eigenvalue weighted by atomic mass is 10.4. The molecule has 0 unspecified atom stereocenters. The van der Waals surface area contributed by atoms with Crippen molar-refractivity contribution in [1.29, 1.82) is 0 Å². The lowest BCUT2D eigenvalue weighted by molar-refractivity contribution is -0.137. The number of hydrogen-bond donors (Lipinski definition) is 2. The standard InChI is InChI=1S/C7H7ClN2O2S/c8-5-2-1-4(13-5)3-10-7(12)6(9)11/h1-2H,3H2,(H2,9,11)(H,10,12). The van der Waals surface area contributed by atoms with E-state index in [0.29, 0.717) is 4.34 Å². The van der Waals surface area contributed by atoms with Gasteiger partial charge in [0.2, 0.25) is 0 Å². The average Bonchev–Trinajstić information content (AvgIpc) is 2.47. The molecule has 0 aromatic carbocycles. The Morgan fingerprint density at radius 3 is 2.69 bits per heavy atom. The first kappa shape index (κ1) is 10.0. The molecule has 4 nitrogen and oxygen atoms in total. The number of carbonyl (C=O) groups is 2. The quantitative estimate of drug-likeness (QED) is 0.710. The first-order valence-electron chi connectivity index (χ1n) is 3.41. The van der Waals surface area contributed by atoms with Gasteiger partial charge in [-0.25, -0.2) is 0 Å². The maximum atomic E-state index is 10.7. The third-order valence-corrected chi connectivity index (χ3v) is 2.51. The Morgan fingerprint density at radius 1 is 1.54 bits per heavy atom. The number of amides is 2. The van der Waals surface area contributed by atoms with Gasteiger partial charge in [0.1, 0.15) is 0 Å². The highest BCUT2D eigenvalue weighted by Crippen LogP contribution is 2.20. The second-order valence-corrected chi connectivity index (χ2v) is 4.05. The summed E-state index contributed by atoms with van der Waals surface area (Å²) in [5.74, 6) is -1.77. The van der Waals surface area contributed by atoms with E-state index in [4.69, 9.17) is 17.3 Å². The summed E-state index contributed by atoms with van der Waals surface area (Å²) in [6.45, 7) is 0.277. The molecule has 1 rings (SSSR count). The number of hydrogen-bond acceptors (Lipinski definition) is 3. The van der Waals surface area contributed by atoms with Crippen molar-refractivity contribution in [2.45, 2.75) is 6.54 Å². The summed E-state index contributed by atoms with van der Waals surface area (Å²) < 4.78 is 0.642. The molecule has 2 amide bonds. The minimum atomic E-state index is -0.984. The van der Waals surface area contributed by atoms with Crippen LogP contribution in [-0.4, -0.2) is 11.8 Å². The van der Waals surface area contributed by atoms with Crippen molar-refractivity contribution in [3.8, 4) is 0 Å². The lowest BCUT2D eigenvalue weighted by Gasteiger charge is -1.98. The third kappa shape index (κ3) is 3.04. The van der Waals surface area contributed by atoms with Crippen LogP contribution in [0.15, 0.2) is 12.1 Å². The molecule has 0 aliphatic carbocycles. The number of halogens is 1. The summed E-state index contributed by atoms with van der Waals surface area (Å²) in [7, 11) is 0. The van der Waals surface area contributed by atoms with Crippen LogP contribution in [0, 0.1) is 0 Å². The summed E-state index contributed by atoms with van der Waals surface area (Å²) >= 11 is 6.99. The van der Waals surface area contributed by atoms with Crippen molar-refractivity contribution in [2.24, 2.45) is 5.73 Å². The zero-order chi connectivity index (χ0) is 9.84. The van der Waals surface area contributed by atoms with Crippen LogP contribution in [0.2, 0.25) is 4.34 Å². The van der Waals surface area contributed by atoms with Crippen LogP contribution in [0.25, 0.3) is 0 Å². The Balaban J connectivity index is 2.44. The van der Waals surface area contributed by atoms with Crippen molar-refractivity contribution >= 4 is 34.8 Å². The van der Waals surface area contributed by atoms with Gasteiger partial charge >= 0.3 is 11.8 Å². The van der Waals surface area contributed by atoms with E-state index in [1.807, 2.05) is 0 Å². The van der Waals surface area contributed by atoms with Gasteiger partial charge in [0.25, 0.3) is 0 Å². The monoisotopic (exact) mass is 218 g/mol. The van der Waals surface area contributed by atoms with Crippen molar-refractivity contribution in [1.82, 2.24) is 5.32 Å². The molecule has 0 saturated heterocycles. The molecule has 6 heteroatoms. The van der Waals surface area contributed by atoms with Crippen LogP contribution in [0.5, 0.6) is 0 Å².